The van der Waals surface area contributed by atoms with Crippen molar-refractivity contribution in [2.24, 2.45) is 11.8 Å². The molecule has 2 aliphatic rings. The van der Waals surface area contributed by atoms with Crippen LogP contribution in [0.2, 0.25) is 0 Å². The highest BCUT2D eigenvalue weighted by atomic mass is 16.5. The van der Waals surface area contributed by atoms with Crippen molar-refractivity contribution in [3.63, 3.8) is 0 Å². The van der Waals surface area contributed by atoms with Gasteiger partial charge in [-0.3, -0.25) is 9.59 Å². The molecule has 0 saturated heterocycles. The van der Waals surface area contributed by atoms with Gasteiger partial charge in [0.25, 0.3) is 0 Å². The molecule has 1 aromatic carbocycles. The lowest BCUT2D eigenvalue weighted by molar-refractivity contribution is -0.151. The topological polar surface area (TPSA) is 90.9 Å². The van der Waals surface area contributed by atoms with Crippen molar-refractivity contribution in [1.29, 1.82) is 0 Å². The van der Waals surface area contributed by atoms with Crippen molar-refractivity contribution in [2.75, 3.05) is 13.7 Å². The minimum Gasteiger partial charge on any atom is -0.494 e. The maximum absolute atomic E-state index is 13.8. The SMILES string of the molecule is CCOc1ccccc1[C@@H]1C(C(=O)O[C@@H](C)CC)=C(C)NC2=C1C(=O)[C@@H](C(=O)OC)[C@@H](C)C2. The summed E-state index contributed by atoms with van der Waals surface area (Å²) in [6.07, 6.45) is 0.875. The molecule has 33 heavy (non-hydrogen) atoms. The van der Waals surface area contributed by atoms with Crippen LogP contribution in [0.3, 0.4) is 0 Å². The van der Waals surface area contributed by atoms with Gasteiger partial charge in [0.2, 0.25) is 0 Å². The number of hydrogen-bond acceptors (Lipinski definition) is 7. The quantitative estimate of drug-likeness (QED) is 0.490. The van der Waals surface area contributed by atoms with Crippen molar-refractivity contribution in [3.8, 4) is 5.75 Å². The van der Waals surface area contributed by atoms with Gasteiger partial charge in [-0.25, -0.2) is 4.79 Å². The molecule has 0 amide bonds. The average Bonchev–Trinajstić information content (AvgIpc) is 2.78. The Kier molecular flexibility index (Phi) is 7.61. The smallest absolute Gasteiger partial charge is 0.337 e. The zero-order valence-corrected chi connectivity index (χ0v) is 20.2. The predicted octanol–water partition coefficient (Wildman–Crippen LogP) is 4.04. The van der Waals surface area contributed by atoms with E-state index in [1.165, 1.54) is 7.11 Å². The molecule has 1 N–H and O–H groups in total. The monoisotopic (exact) mass is 455 g/mol. The minimum atomic E-state index is -0.928. The Morgan fingerprint density at radius 2 is 1.91 bits per heavy atom. The number of benzene rings is 1. The largest absolute Gasteiger partial charge is 0.494 e. The lowest BCUT2D eigenvalue weighted by Gasteiger charge is -2.38. The maximum Gasteiger partial charge on any atom is 0.337 e. The molecule has 178 valence electrons. The Labute approximate surface area is 195 Å². The molecular weight excluding hydrogens is 422 g/mol. The Morgan fingerprint density at radius 1 is 1.21 bits per heavy atom. The molecule has 0 aromatic heterocycles. The summed E-state index contributed by atoms with van der Waals surface area (Å²) in [6.45, 7) is 9.75. The number of hydrogen-bond donors (Lipinski definition) is 1. The number of allylic oxidation sites excluding steroid dienone is 3. The van der Waals surface area contributed by atoms with Crippen molar-refractivity contribution < 1.29 is 28.6 Å². The fourth-order valence-electron chi connectivity index (χ4n) is 4.60. The van der Waals surface area contributed by atoms with E-state index in [4.69, 9.17) is 14.2 Å². The Bertz CT molecular complexity index is 1010. The van der Waals surface area contributed by atoms with E-state index in [1.807, 2.05) is 58.9 Å². The Morgan fingerprint density at radius 3 is 2.55 bits per heavy atom. The normalized spacial score (nSPS) is 23.5. The highest BCUT2D eigenvalue weighted by Crippen LogP contribution is 2.47. The van der Waals surface area contributed by atoms with Gasteiger partial charge >= 0.3 is 11.9 Å². The summed E-state index contributed by atoms with van der Waals surface area (Å²) in [4.78, 5) is 39.6. The molecule has 0 bridgehead atoms. The first-order valence-corrected chi connectivity index (χ1v) is 11.5. The van der Waals surface area contributed by atoms with E-state index in [1.54, 1.807) is 0 Å². The Balaban J connectivity index is 2.21. The van der Waals surface area contributed by atoms with Gasteiger partial charge in [0.1, 0.15) is 11.7 Å². The number of carbonyl (C=O) groups excluding carboxylic acids is 3. The molecule has 0 fully saturated rings. The highest BCUT2D eigenvalue weighted by molar-refractivity contribution is 6.12. The molecule has 4 atom stereocenters. The number of para-hydroxylation sites is 1. The van der Waals surface area contributed by atoms with Gasteiger partial charge in [0.15, 0.2) is 5.78 Å². The van der Waals surface area contributed by atoms with Crippen LogP contribution in [0.5, 0.6) is 5.75 Å². The van der Waals surface area contributed by atoms with Crippen molar-refractivity contribution in [2.45, 2.75) is 59.5 Å². The number of methoxy groups -OCH3 is 1. The van der Waals surface area contributed by atoms with Crippen LogP contribution in [0.25, 0.3) is 0 Å². The van der Waals surface area contributed by atoms with Crippen LogP contribution < -0.4 is 10.1 Å². The molecule has 7 heteroatoms. The highest BCUT2D eigenvalue weighted by Gasteiger charge is 2.47. The fraction of sp³-hybridized carbons (Fsp3) is 0.500. The van der Waals surface area contributed by atoms with Gasteiger partial charge in [-0.1, -0.05) is 32.0 Å². The minimum absolute atomic E-state index is 0.236. The number of dihydropyridines is 1. The second kappa shape index (κ2) is 10.2. The molecule has 1 aliphatic heterocycles. The number of esters is 2. The first-order valence-electron chi connectivity index (χ1n) is 11.5. The summed E-state index contributed by atoms with van der Waals surface area (Å²) in [6, 6.07) is 7.37. The van der Waals surface area contributed by atoms with E-state index >= 15 is 0 Å². The molecular formula is C26H33NO6. The van der Waals surface area contributed by atoms with E-state index in [-0.39, 0.29) is 17.8 Å². The molecule has 0 unspecified atom stereocenters. The van der Waals surface area contributed by atoms with E-state index in [2.05, 4.69) is 5.32 Å². The fourth-order valence-corrected chi connectivity index (χ4v) is 4.60. The second-order valence-corrected chi connectivity index (χ2v) is 8.63. The molecule has 1 aliphatic carbocycles. The lowest BCUT2D eigenvalue weighted by Crippen LogP contribution is -2.43. The summed E-state index contributed by atoms with van der Waals surface area (Å²) in [5, 5.41) is 3.27. The van der Waals surface area contributed by atoms with Crippen LogP contribution in [-0.2, 0) is 23.9 Å². The molecule has 0 spiro atoms. The van der Waals surface area contributed by atoms with Gasteiger partial charge in [-0.2, -0.15) is 0 Å². The van der Waals surface area contributed by atoms with Crippen LogP contribution in [0, 0.1) is 11.8 Å². The summed E-state index contributed by atoms with van der Waals surface area (Å²) >= 11 is 0. The first-order chi connectivity index (χ1) is 15.7. The maximum atomic E-state index is 13.8. The van der Waals surface area contributed by atoms with E-state index in [0.29, 0.717) is 47.6 Å². The zero-order chi connectivity index (χ0) is 24.3. The van der Waals surface area contributed by atoms with Gasteiger partial charge in [-0.05, 0) is 45.6 Å². The van der Waals surface area contributed by atoms with Gasteiger partial charge in [0.05, 0.1) is 31.3 Å². The summed E-state index contributed by atoms with van der Waals surface area (Å²) in [5.74, 6) is -2.68. The number of rotatable bonds is 7. The standard InChI is InChI=1S/C26H33NO6/c1-7-15(4)33-26(30)21-16(5)27-18-13-14(3)20(25(29)31-6)24(28)23(18)22(21)17-11-9-10-12-19(17)32-8-2/h9-12,14-15,20,22,27H,7-8,13H2,1-6H3/t14-,15-,20-,22+/m0/s1. The summed E-state index contributed by atoms with van der Waals surface area (Å²) in [7, 11) is 1.28. The van der Waals surface area contributed by atoms with Crippen LogP contribution >= 0.6 is 0 Å². The van der Waals surface area contributed by atoms with E-state index < -0.39 is 23.8 Å². The number of nitrogens with one attached hydrogen (secondary N) is 1. The molecule has 0 radical (unpaired) electrons. The van der Waals surface area contributed by atoms with E-state index in [9.17, 15) is 14.4 Å². The molecule has 7 nitrogen and oxygen atoms in total. The lowest BCUT2D eigenvalue weighted by atomic mass is 9.69. The second-order valence-electron chi connectivity index (χ2n) is 8.63. The van der Waals surface area contributed by atoms with Crippen LogP contribution in [-0.4, -0.2) is 37.5 Å². The van der Waals surface area contributed by atoms with Gasteiger partial charge in [0, 0.05) is 22.5 Å². The summed E-state index contributed by atoms with van der Waals surface area (Å²) in [5.41, 5.74) is 2.80. The third-order valence-corrected chi connectivity index (χ3v) is 6.38. The first kappa shape index (κ1) is 24.6. The van der Waals surface area contributed by atoms with Crippen molar-refractivity contribution in [3.05, 3.63) is 52.4 Å². The predicted molar refractivity (Wildman–Crippen MR) is 123 cm³/mol. The number of Topliss-reactive ketones (excluding diaryl/α,β-unsaturated/α-hetero) is 1. The molecule has 1 heterocycles. The average molecular weight is 456 g/mol. The number of ketones is 1. The van der Waals surface area contributed by atoms with E-state index in [0.717, 1.165) is 5.70 Å². The molecule has 3 rings (SSSR count). The third-order valence-electron chi connectivity index (χ3n) is 6.38. The number of ether oxygens (including phenoxy) is 3. The van der Waals surface area contributed by atoms with Crippen molar-refractivity contribution >= 4 is 17.7 Å². The van der Waals surface area contributed by atoms with Gasteiger partial charge < -0.3 is 19.5 Å². The molecule has 0 saturated carbocycles. The summed E-state index contributed by atoms with van der Waals surface area (Å²) < 4.78 is 16.5. The third kappa shape index (κ3) is 4.68. The zero-order valence-electron chi connectivity index (χ0n) is 20.2. The Hall–Kier alpha value is -3.09. The van der Waals surface area contributed by atoms with Crippen molar-refractivity contribution in [1.82, 2.24) is 5.32 Å². The van der Waals surface area contributed by atoms with Crippen LogP contribution in [0.4, 0.5) is 0 Å². The van der Waals surface area contributed by atoms with Gasteiger partial charge in [-0.15, -0.1) is 0 Å². The molecule has 1 aromatic rings. The van der Waals surface area contributed by atoms with Crippen LogP contribution in [0.1, 0.15) is 58.9 Å². The van der Waals surface area contributed by atoms with Crippen LogP contribution in [0.15, 0.2) is 46.8 Å². The number of carbonyl (C=O) groups is 3.